The Morgan fingerprint density at radius 3 is 2.90 bits per heavy atom. The standard InChI is InChI=1S/C15H27N5O/c1-4-5-9-20-13(2)14(12-16-20)17-15(21)19-8-6-7-18(3)10-11-19/h12H,4-11H2,1-3H3,(H,17,21). The average molecular weight is 293 g/mol. The van der Waals surface area contributed by atoms with Crippen molar-refractivity contribution in [3.63, 3.8) is 0 Å². The Kier molecular flexibility index (Phi) is 5.61. The van der Waals surface area contributed by atoms with Crippen molar-refractivity contribution < 1.29 is 4.79 Å². The van der Waals surface area contributed by atoms with Crippen LogP contribution in [0.4, 0.5) is 10.5 Å². The normalized spacial score (nSPS) is 16.8. The van der Waals surface area contributed by atoms with Crippen LogP contribution in [0, 0.1) is 6.92 Å². The highest BCUT2D eigenvalue weighted by Gasteiger charge is 2.18. The topological polar surface area (TPSA) is 53.4 Å². The zero-order valence-electron chi connectivity index (χ0n) is 13.4. The molecule has 2 heterocycles. The molecule has 6 heteroatoms. The van der Waals surface area contributed by atoms with Gasteiger partial charge in [-0.1, -0.05) is 13.3 Å². The van der Waals surface area contributed by atoms with Crippen LogP contribution in [-0.4, -0.2) is 58.8 Å². The minimum atomic E-state index is -0.0107. The lowest BCUT2D eigenvalue weighted by molar-refractivity contribution is 0.213. The monoisotopic (exact) mass is 293 g/mol. The smallest absolute Gasteiger partial charge is 0.321 e. The van der Waals surface area contributed by atoms with E-state index in [0.717, 1.165) is 63.4 Å². The summed E-state index contributed by atoms with van der Waals surface area (Å²) in [5.74, 6) is 0. The van der Waals surface area contributed by atoms with Crippen LogP contribution >= 0.6 is 0 Å². The maximum Gasteiger partial charge on any atom is 0.321 e. The molecule has 1 aromatic heterocycles. The summed E-state index contributed by atoms with van der Waals surface area (Å²) in [6.07, 6.45) is 5.03. The fourth-order valence-corrected chi connectivity index (χ4v) is 2.55. The summed E-state index contributed by atoms with van der Waals surface area (Å²) in [4.78, 5) is 16.5. The fraction of sp³-hybridized carbons (Fsp3) is 0.733. The third-order valence-electron chi connectivity index (χ3n) is 4.07. The van der Waals surface area contributed by atoms with Crippen molar-refractivity contribution in [2.75, 3.05) is 38.5 Å². The second-order valence-electron chi connectivity index (χ2n) is 5.79. The molecule has 1 aliphatic heterocycles. The van der Waals surface area contributed by atoms with E-state index in [1.165, 1.54) is 0 Å². The zero-order chi connectivity index (χ0) is 15.2. The van der Waals surface area contributed by atoms with Gasteiger partial charge in [-0.05, 0) is 33.4 Å². The Hall–Kier alpha value is -1.56. The number of hydrogen-bond donors (Lipinski definition) is 1. The van der Waals surface area contributed by atoms with E-state index in [1.807, 2.05) is 16.5 Å². The number of nitrogens with one attached hydrogen (secondary N) is 1. The van der Waals surface area contributed by atoms with Gasteiger partial charge in [-0.15, -0.1) is 0 Å². The average Bonchev–Trinajstić information content (AvgIpc) is 2.67. The molecule has 0 unspecified atom stereocenters. The van der Waals surface area contributed by atoms with Crippen LogP contribution in [0.5, 0.6) is 0 Å². The number of aromatic nitrogens is 2. The van der Waals surface area contributed by atoms with Gasteiger partial charge < -0.3 is 15.1 Å². The number of urea groups is 1. The molecule has 1 aliphatic rings. The molecule has 0 saturated carbocycles. The number of carbonyl (C=O) groups excluding carboxylic acids is 1. The summed E-state index contributed by atoms with van der Waals surface area (Å²) in [5.41, 5.74) is 1.86. The Labute approximate surface area is 127 Å². The van der Waals surface area contributed by atoms with E-state index < -0.39 is 0 Å². The molecular weight excluding hydrogens is 266 g/mol. The molecule has 0 atom stereocenters. The molecule has 2 amide bonds. The van der Waals surface area contributed by atoms with Gasteiger partial charge in [-0.3, -0.25) is 4.68 Å². The first-order chi connectivity index (χ1) is 10.1. The van der Waals surface area contributed by atoms with Crippen molar-refractivity contribution >= 4 is 11.7 Å². The van der Waals surface area contributed by atoms with Crippen LogP contribution in [0.3, 0.4) is 0 Å². The van der Waals surface area contributed by atoms with Gasteiger partial charge in [0.15, 0.2) is 0 Å². The maximum absolute atomic E-state index is 12.4. The molecule has 1 aromatic rings. The molecule has 118 valence electrons. The predicted octanol–water partition coefficient (Wildman–Crippen LogP) is 2.16. The zero-order valence-corrected chi connectivity index (χ0v) is 13.4. The molecule has 1 saturated heterocycles. The van der Waals surface area contributed by atoms with E-state index in [2.05, 4.69) is 29.3 Å². The number of rotatable bonds is 4. The number of hydrogen-bond acceptors (Lipinski definition) is 3. The summed E-state index contributed by atoms with van der Waals surface area (Å²) in [6.45, 7) is 8.67. The minimum absolute atomic E-state index is 0.0107. The van der Waals surface area contributed by atoms with Crippen LogP contribution < -0.4 is 5.32 Å². The second-order valence-corrected chi connectivity index (χ2v) is 5.79. The van der Waals surface area contributed by atoms with Crippen LogP contribution in [0.2, 0.25) is 0 Å². The first kappa shape index (κ1) is 15.8. The molecule has 6 nitrogen and oxygen atoms in total. The largest absolute Gasteiger partial charge is 0.323 e. The van der Waals surface area contributed by atoms with Gasteiger partial charge in [0, 0.05) is 26.2 Å². The molecule has 1 N–H and O–H groups in total. The summed E-state index contributed by atoms with van der Waals surface area (Å²) in [5, 5.41) is 7.36. The third kappa shape index (κ3) is 4.20. The van der Waals surface area contributed by atoms with Gasteiger partial charge in [-0.2, -0.15) is 5.10 Å². The van der Waals surface area contributed by atoms with E-state index in [-0.39, 0.29) is 6.03 Å². The van der Waals surface area contributed by atoms with Gasteiger partial charge in [0.05, 0.1) is 17.6 Å². The molecule has 2 rings (SSSR count). The Morgan fingerprint density at radius 1 is 1.33 bits per heavy atom. The Balaban J connectivity index is 1.94. The van der Waals surface area contributed by atoms with E-state index >= 15 is 0 Å². The highest BCUT2D eigenvalue weighted by Crippen LogP contribution is 2.15. The Bertz CT molecular complexity index is 471. The van der Waals surface area contributed by atoms with Crippen molar-refractivity contribution in [3.05, 3.63) is 11.9 Å². The van der Waals surface area contributed by atoms with Crippen molar-refractivity contribution in [1.29, 1.82) is 0 Å². The fourth-order valence-electron chi connectivity index (χ4n) is 2.55. The van der Waals surface area contributed by atoms with Crippen LogP contribution in [0.25, 0.3) is 0 Å². The first-order valence-electron chi connectivity index (χ1n) is 7.88. The van der Waals surface area contributed by atoms with Gasteiger partial charge in [0.25, 0.3) is 0 Å². The molecule has 0 spiro atoms. The minimum Gasteiger partial charge on any atom is -0.323 e. The molecule has 21 heavy (non-hydrogen) atoms. The van der Waals surface area contributed by atoms with E-state index in [9.17, 15) is 4.79 Å². The number of likely N-dealkylation sites (N-methyl/N-ethyl adjacent to an activating group) is 1. The summed E-state index contributed by atoms with van der Waals surface area (Å²) in [6, 6.07) is -0.0107. The lowest BCUT2D eigenvalue weighted by Crippen LogP contribution is -2.37. The lowest BCUT2D eigenvalue weighted by Gasteiger charge is -2.20. The third-order valence-corrected chi connectivity index (χ3v) is 4.07. The number of nitrogens with zero attached hydrogens (tertiary/aromatic N) is 4. The van der Waals surface area contributed by atoms with Gasteiger partial charge in [0.1, 0.15) is 0 Å². The molecule has 0 bridgehead atoms. The number of carbonyl (C=O) groups is 1. The molecule has 0 aromatic carbocycles. The lowest BCUT2D eigenvalue weighted by atomic mass is 10.3. The van der Waals surface area contributed by atoms with E-state index in [1.54, 1.807) is 6.20 Å². The number of amides is 2. The summed E-state index contributed by atoms with van der Waals surface area (Å²) < 4.78 is 1.97. The quantitative estimate of drug-likeness (QED) is 0.925. The van der Waals surface area contributed by atoms with Crippen LogP contribution in [0.15, 0.2) is 6.20 Å². The van der Waals surface area contributed by atoms with Gasteiger partial charge >= 0.3 is 6.03 Å². The SMILES string of the molecule is CCCCn1ncc(NC(=O)N2CCCN(C)CC2)c1C. The summed E-state index contributed by atoms with van der Waals surface area (Å²) in [7, 11) is 2.10. The Morgan fingerprint density at radius 2 is 2.14 bits per heavy atom. The number of anilines is 1. The first-order valence-corrected chi connectivity index (χ1v) is 7.88. The highest BCUT2D eigenvalue weighted by atomic mass is 16.2. The van der Waals surface area contributed by atoms with Crippen molar-refractivity contribution in [2.24, 2.45) is 0 Å². The van der Waals surface area contributed by atoms with E-state index in [0.29, 0.717) is 0 Å². The van der Waals surface area contributed by atoms with Crippen molar-refractivity contribution in [2.45, 2.75) is 39.7 Å². The van der Waals surface area contributed by atoms with Crippen molar-refractivity contribution in [1.82, 2.24) is 19.6 Å². The molecule has 0 radical (unpaired) electrons. The summed E-state index contributed by atoms with van der Waals surface area (Å²) >= 11 is 0. The predicted molar refractivity (Wildman–Crippen MR) is 84.6 cm³/mol. The molecule has 0 aliphatic carbocycles. The van der Waals surface area contributed by atoms with Gasteiger partial charge in [0.2, 0.25) is 0 Å². The van der Waals surface area contributed by atoms with E-state index in [4.69, 9.17) is 0 Å². The highest BCUT2D eigenvalue weighted by molar-refractivity contribution is 5.89. The second kappa shape index (κ2) is 7.45. The maximum atomic E-state index is 12.4. The number of aryl methyl sites for hydroxylation is 1. The number of unbranched alkanes of at least 4 members (excludes halogenated alkanes) is 1. The molecular formula is C15H27N5O. The van der Waals surface area contributed by atoms with Crippen molar-refractivity contribution in [3.8, 4) is 0 Å². The molecule has 1 fully saturated rings. The van der Waals surface area contributed by atoms with Crippen LogP contribution in [0.1, 0.15) is 31.9 Å². The van der Waals surface area contributed by atoms with Gasteiger partial charge in [-0.25, -0.2) is 4.79 Å². The van der Waals surface area contributed by atoms with Crippen LogP contribution in [-0.2, 0) is 6.54 Å².